The van der Waals surface area contributed by atoms with Crippen LogP contribution in [0.3, 0.4) is 0 Å². The molecule has 2 N–H and O–H groups in total. The number of hydrogen-bond acceptors (Lipinski definition) is 4. The summed E-state index contributed by atoms with van der Waals surface area (Å²) in [4.78, 5) is 13.8. The first-order valence-corrected chi connectivity index (χ1v) is 5.40. The molecule has 1 heterocycles. The van der Waals surface area contributed by atoms with Crippen molar-refractivity contribution in [2.75, 3.05) is 4.72 Å². The number of halogens is 3. The van der Waals surface area contributed by atoms with Crippen molar-refractivity contribution in [3.8, 4) is 0 Å². The number of carboxylic acid groups (broad SMARTS) is 1. The lowest BCUT2D eigenvalue weighted by Gasteiger charge is -2.09. The van der Waals surface area contributed by atoms with Crippen molar-refractivity contribution in [1.29, 1.82) is 0 Å². The van der Waals surface area contributed by atoms with E-state index >= 15 is 0 Å². The van der Waals surface area contributed by atoms with E-state index in [1.165, 1.54) is 0 Å². The van der Waals surface area contributed by atoms with Crippen LogP contribution in [0.25, 0.3) is 0 Å². The number of aromatic nitrogens is 1. The fraction of sp³-hybridized carbons (Fsp3) is 0.143. The summed E-state index contributed by atoms with van der Waals surface area (Å²) in [7, 11) is -5.60. The summed E-state index contributed by atoms with van der Waals surface area (Å²) in [5.74, 6) is -2.14. The molecule has 1 rings (SSSR count). The Hall–Kier alpha value is -1.84. The van der Waals surface area contributed by atoms with Crippen LogP contribution < -0.4 is 4.72 Å². The molecule has 6 nitrogen and oxygen atoms in total. The summed E-state index contributed by atoms with van der Waals surface area (Å²) in [6.45, 7) is 0. The minimum absolute atomic E-state index is 0.389. The summed E-state index contributed by atoms with van der Waals surface area (Å²) in [5.41, 5.74) is -5.88. The molecule has 17 heavy (non-hydrogen) atoms. The standard InChI is InChI=1S/C7H5F3N2O4S/c8-7(9,10)17(15,16)12-5-3-4(6(13)14)1-2-11-5/h1-3H,(H,11,12)(H,13,14). The van der Waals surface area contributed by atoms with Gasteiger partial charge in [0.05, 0.1) is 5.56 Å². The van der Waals surface area contributed by atoms with Crippen molar-refractivity contribution in [3.63, 3.8) is 0 Å². The van der Waals surface area contributed by atoms with Crippen LogP contribution >= 0.6 is 0 Å². The topological polar surface area (TPSA) is 96.4 Å². The highest BCUT2D eigenvalue weighted by molar-refractivity contribution is 7.93. The van der Waals surface area contributed by atoms with Gasteiger partial charge in [-0.3, -0.25) is 4.72 Å². The Kier molecular flexibility index (Phi) is 3.27. The average molecular weight is 270 g/mol. The van der Waals surface area contributed by atoms with E-state index in [1.54, 1.807) is 0 Å². The van der Waals surface area contributed by atoms with Crippen LogP contribution in [-0.2, 0) is 10.0 Å². The normalized spacial score (nSPS) is 12.2. The lowest BCUT2D eigenvalue weighted by Crippen LogP contribution is -2.30. The number of sulfonamides is 1. The van der Waals surface area contributed by atoms with E-state index in [9.17, 15) is 26.4 Å². The number of carboxylic acids is 1. The largest absolute Gasteiger partial charge is 0.516 e. The van der Waals surface area contributed by atoms with Gasteiger partial charge in [0, 0.05) is 6.20 Å². The number of carbonyl (C=O) groups is 1. The molecule has 94 valence electrons. The Morgan fingerprint density at radius 3 is 2.47 bits per heavy atom. The molecule has 0 aliphatic heterocycles. The minimum atomic E-state index is -5.60. The number of nitrogens with zero attached hydrogens (tertiary/aromatic N) is 1. The van der Waals surface area contributed by atoms with E-state index in [0.29, 0.717) is 6.07 Å². The van der Waals surface area contributed by atoms with Crippen LogP contribution in [0.5, 0.6) is 0 Å². The number of alkyl halides is 3. The van der Waals surface area contributed by atoms with Gasteiger partial charge in [0.15, 0.2) is 0 Å². The summed E-state index contributed by atoms with van der Waals surface area (Å²) in [6.07, 6.45) is 0.873. The van der Waals surface area contributed by atoms with Gasteiger partial charge in [0.1, 0.15) is 5.82 Å². The number of rotatable bonds is 3. The van der Waals surface area contributed by atoms with E-state index in [0.717, 1.165) is 17.0 Å². The zero-order valence-electron chi connectivity index (χ0n) is 7.89. The Balaban J connectivity index is 3.05. The molecule has 0 aromatic carbocycles. The van der Waals surface area contributed by atoms with Crippen LogP contribution in [0.1, 0.15) is 10.4 Å². The smallest absolute Gasteiger partial charge is 0.478 e. The predicted molar refractivity (Wildman–Crippen MR) is 49.8 cm³/mol. The highest BCUT2D eigenvalue weighted by atomic mass is 32.2. The third kappa shape index (κ3) is 3.06. The third-order valence-electron chi connectivity index (χ3n) is 1.55. The first kappa shape index (κ1) is 13.2. The molecule has 1 aromatic heterocycles. The SMILES string of the molecule is O=C(O)c1ccnc(NS(=O)(=O)C(F)(F)F)c1. The van der Waals surface area contributed by atoms with Crippen molar-refractivity contribution >= 4 is 21.8 Å². The minimum Gasteiger partial charge on any atom is -0.478 e. The molecule has 0 atom stereocenters. The first-order valence-electron chi connectivity index (χ1n) is 3.92. The summed E-state index contributed by atoms with van der Waals surface area (Å²) in [6, 6.07) is 1.68. The van der Waals surface area contributed by atoms with Gasteiger partial charge in [-0.15, -0.1) is 0 Å². The number of pyridine rings is 1. The van der Waals surface area contributed by atoms with Crippen molar-refractivity contribution in [1.82, 2.24) is 4.98 Å². The van der Waals surface area contributed by atoms with E-state index in [1.807, 2.05) is 0 Å². The van der Waals surface area contributed by atoms with Gasteiger partial charge in [-0.1, -0.05) is 0 Å². The molecule has 0 spiro atoms. The van der Waals surface area contributed by atoms with Crippen molar-refractivity contribution < 1.29 is 31.5 Å². The van der Waals surface area contributed by atoms with E-state index in [-0.39, 0.29) is 5.56 Å². The monoisotopic (exact) mass is 270 g/mol. The molecule has 0 saturated carbocycles. The van der Waals surface area contributed by atoms with Crippen LogP contribution in [-0.4, -0.2) is 30.0 Å². The zero-order chi connectivity index (χ0) is 13.3. The second-order valence-corrected chi connectivity index (χ2v) is 4.46. The third-order valence-corrected chi connectivity index (χ3v) is 2.64. The van der Waals surface area contributed by atoms with E-state index in [2.05, 4.69) is 4.98 Å². The van der Waals surface area contributed by atoms with Gasteiger partial charge in [0.25, 0.3) is 0 Å². The van der Waals surface area contributed by atoms with Crippen molar-refractivity contribution in [3.05, 3.63) is 23.9 Å². The number of hydrogen-bond donors (Lipinski definition) is 2. The number of anilines is 1. The maximum Gasteiger partial charge on any atom is 0.516 e. The Bertz CT molecular complexity index is 540. The lowest BCUT2D eigenvalue weighted by molar-refractivity contribution is -0.0429. The quantitative estimate of drug-likeness (QED) is 0.855. The van der Waals surface area contributed by atoms with Gasteiger partial charge < -0.3 is 5.11 Å². The van der Waals surface area contributed by atoms with Crippen LogP contribution in [0.15, 0.2) is 18.3 Å². The summed E-state index contributed by atoms with van der Waals surface area (Å²) in [5, 5.41) is 8.54. The number of nitrogens with one attached hydrogen (secondary N) is 1. The Morgan fingerprint density at radius 1 is 1.41 bits per heavy atom. The van der Waals surface area contributed by atoms with Crippen molar-refractivity contribution in [2.45, 2.75) is 5.51 Å². The second-order valence-electron chi connectivity index (χ2n) is 2.79. The summed E-state index contributed by atoms with van der Waals surface area (Å²) < 4.78 is 58.4. The van der Waals surface area contributed by atoms with Crippen LogP contribution in [0.2, 0.25) is 0 Å². The molecule has 0 aliphatic rings. The second kappa shape index (κ2) is 4.20. The highest BCUT2D eigenvalue weighted by Gasteiger charge is 2.46. The molecular weight excluding hydrogens is 265 g/mol. The van der Waals surface area contributed by atoms with E-state index < -0.39 is 27.3 Å². The summed E-state index contributed by atoms with van der Waals surface area (Å²) >= 11 is 0. The molecule has 0 fully saturated rings. The number of aromatic carboxylic acids is 1. The highest BCUT2D eigenvalue weighted by Crippen LogP contribution is 2.24. The molecule has 0 radical (unpaired) electrons. The lowest BCUT2D eigenvalue weighted by atomic mass is 10.3. The molecule has 0 bridgehead atoms. The van der Waals surface area contributed by atoms with Gasteiger partial charge in [-0.25, -0.2) is 9.78 Å². The molecule has 0 amide bonds. The van der Waals surface area contributed by atoms with Gasteiger partial charge >= 0.3 is 21.5 Å². The Morgan fingerprint density at radius 2 is 2.00 bits per heavy atom. The van der Waals surface area contributed by atoms with Gasteiger partial charge in [0.2, 0.25) is 0 Å². The molecule has 0 aliphatic carbocycles. The maximum absolute atomic E-state index is 12.0. The fourth-order valence-electron chi connectivity index (χ4n) is 0.815. The van der Waals surface area contributed by atoms with Crippen LogP contribution in [0.4, 0.5) is 19.0 Å². The molecule has 1 aromatic rings. The van der Waals surface area contributed by atoms with Crippen molar-refractivity contribution in [2.24, 2.45) is 0 Å². The predicted octanol–water partition coefficient (Wildman–Crippen LogP) is 1.04. The first-order chi connectivity index (χ1) is 7.63. The Labute approximate surface area is 93.1 Å². The molecule has 10 heteroatoms. The molecule has 0 saturated heterocycles. The molecular formula is C7H5F3N2O4S. The fourth-order valence-corrected chi connectivity index (χ4v) is 1.32. The maximum atomic E-state index is 12.0. The van der Waals surface area contributed by atoms with Crippen LogP contribution in [0, 0.1) is 0 Å². The molecule has 0 unspecified atom stereocenters. The van der Waals surface area contributed by atoms with Gasteiger partial charge in [-0.2, -0.15) is 21.6 Å². The van der Waals surface area contributed by atoms with Gasteiger partial charge in [-0.05, 0) is 12.1 Å². The average Bonchev–Trinajstić information content (AvgIpc) is 2.15. The van der Waals surface area contributed by atoms with E-state index in [4.69, 9.17) is 5.11 Å². The zero-order valence-corrected chi connectivity index (χ0v) is 8.71.